The van der Waals surface area contributed by atoms with Crippen LogP contribution in [0.25, 0.3) is 11.1 Å². The van der Waals surface area contributed by atoms with E-state index in [1.54, 1.807) is 19.2 Å². The first kappa shape index (κ1) is 15.1. The third-order valence-corrected chi connectivity index (χ3v) is 4.02. The van der Waals surface area contributed by atoms with E-state index in [1.165, 1.54) is 7.11 Å². The lowest BCUT2D eigenvalue weighted by Gasteiger charge is -2.10. The molecule has 0 bridgehead atoms. The summed E-state index contributed by atoms with van der Waals surface area (Å²) in [6.45, 7) is 0. The van der Waals surface area contributed by atoms with Gasteiger partial charge in [0.25, 0.3) is 0 Å². The fraction of sp³-hybridized carbons (Fsp3) is 0.133. The maximum Gasteiger partial charge on any atom is 0.337 e. The normalized spacial score (nSPS) is 10.2. The van der Waals surface area contributed by atoms with Crippen LogP contribution < -0.4 is 4.74 Å². The number of halogens is 2. The van der Waals surface area contributed by atoms with E-state index in [0.29, 0.717) is 5.56 Å². The van der Waals surface area contributed by atoms with Crippen molar-refractivity contribution in [2.75, 3.05) is 14.2 Å². The van der Waals surface area contributed by atoms with E-state index >= 15 is 0 Å². The van der Waals surface area contributed by atoms with E-state index in [9.17, 15) is 4.79 Å². The number of methoxy groups -OCH3 is 2. The van der Waals surface area contributed by atoms with Gasteiger partial charge in [0.15, 0.2) is 0 Å². The summed E-state index contributed by atoms with van der Waals surface area (Å²) in [5, 5.41) is 0. The van der Waals surface area contributed by atoms with Gasteiger partial charge in [0, 0.05) is 0 Å². The van der Waals surface area contributed by atoms with Gasteiger partial charge in [0.1, 0.15) is 5.75 Å². The standard InChI is InChI=1S/C15H12Br2O3/c1-19-14-12(16)7-11(8-13(14)17)9-3-5-10(6-4-9)15(18)20-2/h3-8H,1-2H3. The van der Waals surface area contributed by atoms with Crippen molar-refractivity contribution in [3.63, 3.8) is 0 Å². The van der Waals surface area contributed by atoms with Gasteiger partial charge in [-0.1, -0.05) is 12.1 Å². The Morgan fingerprint density at radius 2 is 1.50 bits per heavy atom. The highest BCUT2D eigenvalue weighted by Gasteiger charge is 2.10. The van der Waals surface area contributed by atoms with Crippen molar-refractivity contribution in [3.8, 4) is 16.9 Å². The Labute approximate surface area is 134 Å². The molecular formula is C15H12Br2O3. The van der Waals surface area contributed by atoms with E-state index in [-0.39, 0.29) is 5.97 Å². The number of carbonyl (C=O) groups excluding carboxylic acids is 1. The van der Waals surface area contributed by atoms with E-state index in [0.717, 1.165) is 25.8 Å². The Bertz CT molecular complexity index is 613. The quantitative estimate of drug-likeness (QED) is 0.703. The lowest BCUT2D eigenvalue weighted by Crippen LogP contribution is -2.00. The van der Waals surface area contributed by atoms with Crippen LogP contribution in [0.15, 0.2) is 45.3 Å². The lowest BCUT2D eigenvalue weighted by atomic mass is 10.0. The molecule has 0 radical (unpaired) electrons. The zero-order valence-corrected chi connectivity index (χ0v) is 14.1. The topological polar surface area (TPSA) is 35.5 Å². The van der Waals surface area contributed by atoms with E-state index < -0.39 is 0 Å². The number of ether oxygens (including phenoxy) is 2. The first-order valence-corrected chi connectivity index (χ1v) is 7.37. The maximum atomic E-state index is 11.4. The Morgan fingerprint density at radius 1 is 0.950 bits per heavy atom. The van der Waals surface area contributed by atoms with Crippen LogP contribution in [-0.4, -0.2) is 20.2 Å². The molecule has 0 N–H and O–H groups in total. The molecule has 2 aromatic rings. The van der Waals surface area contributed by atoms with Gasteiger partial charge in [-0.05, 0) is 67.3 Å². The van der Waals surface area contributed by atoms with Crippen LogP contribution in [0.5, 0.6) is 5.75 Å². The molecule has 20 heavy (non-hydrogen) atoms. The van der Waals surface area contributed by atoms with E-state index in [1.807, 2.05) is 24.3 Å². The average Bonchev–Trinajstić information content (AvgIpc) is 2.46. The molecular weight excluding hydrogens is 388 g/mol. The summed E-state index contributed by atoms with van der Waals surface area (Å²) in [4.78, 5) is 11.4. The van der Waals surface area contributed by atoms with Crippen LogP contribution in [0.2, 0.25) is 0 Å². The zero-order chi connectivity index (χ0) is 14.7. The summed E-state index contributed by atoms with van der Waals surface area (Å²) in [7, 11) is 2.99. The number of hydrogen-bond acceptors (Lipinski definition) is 3. The van der Waals surface area contributed by atoms with Crippen molar-refractivity contribution >= 4 is 37.8 Å². The number of benzene rings is 2. The molecule has 0 aliphatic rings. The second kappa shape index (κ2) is 6.41. The molecule has 0 saturated heterocycles. The molecule has 0 unspecified atom stereocenters. The smallest absolute Gasteiger partial charge is 0.337 e. The molecule has 0 amide bonds. The molecule has 0 spiro atoms. The molecule has 0 aliphatic carbocycles. The van der Waals surface area contributed by atoms with Crippen LogP contribution in [0.3, 0.4) is 0 Å². The van der Waals surface area contributed by atoms with Gasteiger partial charge in [0.2, 0.25) is 0 Å². The molecule has 0 saturated carbocycles. The largest absolute Gasteiger partial charge is 0.494 e. The third kappa shape index (κ3) is 3.04. The molecule has 5 heteroatoms. The lowest BCUT2D eigenvalue weighted by molar-refractivity contribution is 0.0601. The van der Waals surface area contributed by atoms with Gasteiger partial charge < -0.3 is 9.47 Å². The van der Waals surface area contributed by atoms with Crippen molar-refractivity contribution in [2.24, 2.45) is 0 Å². The van der Waals surface area contributed by atoms with Gasteiger partial charge in [-0.15, -0.1) is 0 Å². The molecule has 104 valence electrons. The fourth-order valence-corrected chi connectivity index (χ4v) is 3.35. The minimum absolute atomic E-state index is 0.339. The summed E-state index contributed by atoms with van der Waals surface area (Å²) in [6.07, 6.45) is 0. The Kier molecular flexibility index (Phi) is 4.83. The van der Waals surface area contributed by atoms with E-state index in [2.05, 4.69) is 36.6 Å². The van der Waals surface area contributed by atoms with Gasteiger partial charge >= 0.3 is 5.97 Å². The highest BCUT2D eigenvalue weighted by Crippen LogP contribution is 2.37. The van der Waals surface area contributed by atoms with Crippen molar-refractivity contribution in [1.29, 1.82) is 0 Å². The third-order valence-electron chi connectivity index (χ3n) is 2.84. The highest BCUT2D eigenvalue weighted by atomic mass is 79.9. The van der Waals surface area contributed by atoms with Crippen molar-refractivity contribution in [1.82, 2.24) is 0 Å². The Hall–Kier alpha value is -1.33. The summed E-state index contributed by atoms with van der Waals surface area (Å²) >= 11 is 6.95. The second-order valence-electron chi connectivity index (χ2n) is 4.04. The molecule has 0 heterocycles. The Balaban J connectivity index is 2.39. The summed E-state index contributed by atoms with van der Waals surface area (Å²) < 4.78 is 11.7. The number of rotatable bonds is 3. The van der Waals surface area contributed by atoms with Crippen LogP contribution in [0.4, 0.5) is 0 Å². The number of esters is 1. The van der Waals surface area contributed by atoms with Gasteiger partial charge in [-0.2, -0.15) is 0 Å². The maximum absolute atomic E-state index is 11.4. The SMILES string of the molecule is COC(=O)c1ccc(-c2cc(Br)c(OC)c(Br)c2)cc1. The summed E-state index contributed by atoms with van der Waals surface area (Å²) in [5.41, 5.74) is 2.55. The highest BCUT2D eigenvalue weighted by molar-refractivity contribution is 9.11. The summed E-state index contributed by atoms with van der Waals surface area (Å²) in [5.74, 6) is 0.411. The van der Waals surface area contributed by atoms with Crippen LogP contribution in [0.1, 0.15) is 10.4 Å². The molecule has 0 fully saturated rings. The van der Waals surface area contributed by atoms with Crippen LogP contribution >= 0.6 is 31.9 Å². The fourth-order valence-electron chi connectivity index (χ4n) is 1.84. The van der Waals surface area contributed by atoms with Gasteiger partial charge in [-0.25, -0.2) is 4.79 Å². The Morgan fingerprint density at radius 3 is 1.95 bits per heavy atom. The number of hydrogen-bond donors (Lipinski definition) is 0. The zero-order valence-electron chi connectivity index (χ0n) is 10.9. The van der Waals surface area contributed by atoms with Crippen LogP contribution in [0, 0.1) is 0 Å². The number of carbonyl (C=O) groups is 1. The van der Waals surface area contributed by atoms with Gasteiger partial charge in [0.05, 0.1) is 28.7 Å². The van der Waals surface area contributed by atoms with Crippen molar-refractivity contribution < 1.29 is 14.3 Å². The predicted octanol–water partition coefficient (Wildman–Crippen LogP) is 4.67. The van der Waals surface area contributed by atoms with Crippen molar-refractivity contribution in [3.05, 3.63) is 50.9 Å². The first-order chi connectivity index (χ1) is 9.56. The molecule has 0 aliphatic heterocycles. The molecule has 3 nitrogen and oxygen atoms in total. The molecule has 0 atom stereocenters. The van der Waals surface area contributed by atoms with Crippen molar-refractivity contribution in [2.45, 2.75) is 0 Å². The van der Waals surface area contributed by atoms with E-state index in [4.69, 9.17) is 4.74 Å². The average molecular weight is 400 g/mol. The monoisotopic (exact) mass is 398 g/mol. The molecule has 2 aromatic carbocycles. The molecule has 2 rings (SSSR count). The predicted molar refractivity (Wildman–Crippen MR) is 85.2 cm³/mol. The second-order valence-corrected chi connectivity index (χ2v) is 5.75. The van der Waals surface area contributed by atoms with Crippen LogP contribution in [-0.2, 0) is 4.74 Å². The molecule has 0 aromatic heterocycles. The van der Waals surface area contributed by atoms with Gasteiger partial charge in [-0.3, -0.25) is 0 Å². The minimum atomic E-state index is -0.339. The first-order valence-electron chi connectivity index (χ1n) is 5.78. The summed E-state index contributed by atoms with van der Waals surface area (Å²) in [6, 6.07) is 11.2. The minimum Gasteiger partial charge on any atom is -0.494 e.